The van der Waals surface area contributed by atoms with Gasteiger partial charge >= 0.3 is 5.97 Å². The molecule has 6 nitrogen and oxygen atoms in total. The number of allylic oxidation sites excluding steroid dienone is 7. The Hall–Kier alpha value is -2.18. The van der Waals surface area contributed by atoms with Gasteiger partial charge in [0.05, 0.1) is 25.4 Å². The molecule has 0 aromatic carbocycles. The van der Waals surface area contributed by atoms with Gasteiger partial charge in [-0.15, -0.1) is 0 Å². The lowest BCUT2D eigenvalue weighted by Gasteiger charge is -2.20. The summed E-state index contributed by atoms with van der Waals surface area (Å²) in [4.78, 5) is 24.5. The van der Waals surface area contributed by atoms with E-state index < -0.39 is 12.1 Å². The van der Waals surface area contributed by atoms with Crippen molar-refractivity contribution in [2.45, 2.75) is 360 Å². The fourth-order valence-electron chi connectivity index (χ4n) is 10.0. The monoisotopic (exact) mass is 1040 g/mol. The highest BCUT2D eigenvalue weighted by molar-refractivity contribution is 5.76. The molecule has 0 aromatic rings. The lowest BCUT2D eigenvalue weighted by Crippen LogP contribution is -2.45. The number of nitrogens with one attached hydrogen (secondary N) is 1. The summed E-state index contributed by atoms with van der Waals surface area (Å²) < 4.78 is 5.47. The zero-order chi connectivity index (χ0) is 53.6. The molecule has 0 saturated heterocycles. The third-order valence-corrected chi connectivity index (χ3v) is 15.1. The molecule has 3 N–H and O–H groups in total. The van der Waals surface area contributed by atoms with Crippen LogP contribution in [0.5, 0.6) is 0 Å². The number of unbranched alkanes of at least 4 members (excludes halogenated alkanes) is 44. The van der Waals surface area contributed by atoms with Crippen LogP contribution in [-0.2, 0) is 14.3 Å². The standard InChI is InChI=1S/C68H127NO5/c1-3-5-7-9-11-13-15-17-18-19-20-24-27-30-33-37-40-44-48-52-56-60-66(71)65(64-70)69-67(72)61-57-53-49-45-41-38-34-31-28-25-22-21-23-26-29-32-35-39-43-47-51-55-59-63-74-68(73)62-58-54-50-46-42-36-16-14-12-10-8-6-4-2/h14,16,21,23,25,28,56,60,65-66,70-71H,3-13,15,17-20,22,24,26-27,29-55,57-59,61-64H2,1-2H3,(H,69,72)/b16-14-,23-21-,28-25-,60-56+. The van der Waals surface area contributed by atoms with E-state index in [1.165, 1.54) is 257 Å². The fraction of sp³-hybridized carbons (Fsp3) is 0.853. The van der Waals surface area contributed by atoms with Crippen molar-refractivity contribution in [1.82, 2.24) is 5.32 Å². The number of ether oxygens (including phenoxy) is 1. The average Bonchev–Trinajstić information content (AvgIpc) is 3.40. The van der Waals surface area contributed by atoms with Gasteiger partial charge in [-0.25, -0.2) is 0 Å². The highest BCUT2D eigenvalue weighted by Crippen LogP contribution is 2.17. The molecule has 6 heteroatoms. The molecule has 0 aliphatic heterocycles. The summed E-state index contributed by atoms with van der Waals surface area (Å²) in [5.74, 6) is -0.0790. The van der Waals surface area contributed by atoms with Gasteiger partial charge in [-0.3, -0.25) is 9.59 Å². The minimum atomic E-state index is -0.853. The number of aliphatic hydroxyl groups is 2. The quantitative estimate of drug-likeness (QED) is 0.0320. The third-order valence-electron chi connectivity index (χ3n) is 15.1. The molecule has 0 saturated carbocycles. The Morgan fingerprint density at radius 3 is 1.05 bits per heavy atom. The van der Waals surface area contributed by atoms with Gasteiger partial charge in [0.25, 0.3) is 0 Å². The summed E-state index contributed by atoms with van der Waals surface area (Å²) in [7, 11) is 0. The van der Waals surface area contributed by atoms with Crippen LogP contribution in [0.4, 0.5) is 0 Å². The molecule has 0 aliphatic carbocycles. The van der Waals surface area contributed by atoms with Crippen LogP contribution in [0.3, 0.4) is 0 Å². The van der Waals surface area contributed by atoms with Gasteiger partial charge in [-0.1, -0.05) is 294 Å². The molecule has 1 amide bonds. The Morgan fingerprint density at radius 2 is 0.676 bits per heavy atom. The molecular weight excluding hydrogens is 911 g/mol. The molecule has 0 aromatic heterocycles. The fourth-order valence-corrected chi connectivity index (χ4v) is 10.0. The normalized spacial score (nSPS) is 12.9. The van der Waals surface area contributed by atoms with Crippen molar-refractivity contribution in [2.75, 3.05) is 13.2 Å². The lowest BCUT2D eigenvalue weighted by molar-refractivity contribution is -0.143. The van der Waals surface area contributed by atoms with Crippen LogP contribution < -0.4 is 5.32 Å². The molecule has 0 spiro atoms. The molecule has 0 bridgehead atoms. The van der Waals surface area contributed by atoms with Gasteiger partial charge in [-0.05, 0) is 89.9 Å². The molecule has 0 aliphatic rings. The van der Waals surface area contributed by atoms with Crippen LogP contribution in [0.1, 0.15) is 348 Å². The zero-order valence-electron chi connectivity index (χ0n) is 49.6. The highest BCUT2D eigenvalue weighted by atomic mass is 16.5. The number of esters is 1. The van der Waals surface area contributed by atoms with Crippen LogP contribution in [0.25, 0.3) is 0 Å². The van der Waals surface area contributed by atoms with Crippen molar-refractivity contribution in [3.63, 3.8) is 0 Å². The maximum Gasteiger partial charge on any atom is 0.305 e. The Labute approximate surface area is 461 Å². The van der Waals surface area contributed by atoms with E-state index in [0.29, 0.717) is 19.4 Å². The minimum absolute atomic E-state index is 0.00281. The van der Waals surface area contributed by atoms with Crippen LogP contribution in [0, 0.1) is 0 Å². The predicted octanol–water partition coefficient (Wildman–Crippen LogP) is 20.9. The number of amides is 1. The van der Waals surface area contributed by atoms with Gasteiger partial charge in [0.15, 0.2) is 0 Å². The van der Waals surface area contributed by atoms with Crippen molar-refractivity contribution in [1.29, 1.82) is 0 Å². The van der Waals surface area contributed by atoms with Crippen LogP contribution in [0.2, 0.25) is 0 Å². The first-order valence-electron chi connectivity index (χ1n) is 32.9. The van der Waals surface area contributed by atoms with Gasteiger partial charge in [0, 0.05) is 12.8 Å². The maximum absolute atomic E-state index is 12.5. The van der Waals surface area contributed by atoms with Crippen molar-refractivity contribution in [3.05, 3.63) is 48.6 Å². The van der Waals surface area contributed by atoms with Gasteiger partial charge in [-0.2, -0.15) is 0 Å². The number of carbonyl (C=O) groups is 2. The maximum atomic E-state index is 12.5. The zero-order valence-corrected chi connectivity index (χ0v) is 49.6. The van der Waals surface area contributed by atoms with Gasteiger partial charge < -0.3 is 20.3 Å². The molecule has 74 heavy (non-hydrogen) atoms. The predicted molar refractivity (Wildman–Crippen MR) is 324 cm³/mol. The van der Waals surface area contributed by atoms with Gasteiger partial charge in [0.2, 0.25) is 5.91 Å². The Morgan fingerprint density at radius 1 is 0.378 bits per heavy atom. The molecule has 0 radical (unpaired) electrons. The summed E-state index contributed by atoms with van der Waals surface area (Å²) in [6, 6.07) is -0.637. The Balaban J connectivity index is 3.49. The minimum Gasteiger partial charge on any atom is -0.466 e. The first-order chi connectivity index (χ1) is 36.5. The molecule has 0 rings (SSSR count). The SMILES string of the molecule is CCCCCC/C=C\CCCCCCCC(=O)OCCCCCCCCCCC/C=C\C/C=C\CCCCCCCCCC(=O)NC(CO)C(O)/C=C/CCCCCCCCCCCCCCCCCCCCC. The molecular formula is C68H127NO5. The first-order valence-corrected chi connectivity index (χ1v) is 32.9. The average molecular weight is 1040 g/mol. The van der Waals surface area contributed by atoms with E-state index >= 15 is 0 Å². The summed E-state index contributed by atoms with van der Waals surface area (Å²) >= 11 is 0. The van der Waals surface area contributed by atoms with E-state index in [1.807, 2.05) is 6.08 Å². The molecule has 2 unspecified atom stereocenters. The second-order valence-electron chi connectivity index (χ2n) is 22.4. The Kier molecular flexibility index (Phi) is 61.5. The summed E-state index contributed by atoms with van der Waals surface area (Å²) in [5, 5.41) is 23.2. The van der Waals surface area contributed by atoms with E-state index in [1.54, 1.807) is 6.08 Å². The van der Waals surface area contributed by atoms with E-state index in [4.69, 9.17) is 4.74 Å². The van der Waals surface area contributed by atoms with E-state index in [2.05, 4.69) is 55.6 Å². The van der Waals surface area contributed by atoms with E-state index in [9.17, 15) is 19.8 Å². The van der Waals surface area contributed by atoms with Crippen molar-refractivity contribution >= 4 is 11.9 Å². The second kappa shape index (κ2) is 63.4. The van der Waals surface area contributed by atoms with E-state index in [0.717, 1.165) is 64.2 Å². The van der Waals surface area contributed by atoms with Crippen LogP contribution >= 0.6 is 0 Å². The number of carbonyl (C=O) groups excluding carboxylic acids is 2. The van der Waals surface area contributed by atoms with Crippen LogP contribution in [-0.4, -0.2) is 47.4 Å². The summed E-state index contributed by atoms with van der Waals surface area (Å²) in [6.45, 7) is 4.90. The summed E-state index contributed by atoms with van der Waals surface area (Å²) in [6.07, 6.45) is 81.6. The van der Waals surface area contributed by atoms with Gasteiger partial charge in [0.1, 0.15) is 0 Å². The largest absolute Gasteiger partial charge is 0.466 e. The molecule has 0 heterocycles. The number of rotatable bonds is 61. The third kappa shape index (κ3) is 59.1. The number of aliphatic hydroxyl groups excluding tert-OH is 2. The second-order valence-corrected chi connectivity index (χ2v) is 22.4. The van der Waals surface area contributed by atoms with Crippen molar-refractivity contribution < 1.29 is 24.5 Å². The topological polar surface area (TPSA) is 95.9 Å². The highest BCUT2D eigenvalue weighted by Gasteiger charge is 2.18. The lowest BCUT2D eigenvalue weighted by atomic mass is 10.0. The smallest absolute Gasteiger partial charge is 0.305 e. The summed E-state index contributed by atoms with van der Waals surface area (Å²) in [5.41, 5.74) is 0. The van der Waals surface area contributed by atoms with E-state index in [-0.39, 0.29) is 18.5 Å². The van der Waals surface area contributed by atoms with Crippen molar-refractivity contribution in [2.24, 2.45) is 0 Å². The number of hydrogen-bond acceptors (Lipinski definition) is 5. The molecule has 0 fully saturated rings. The van der Waals surface area contributed by atoms with Crippen LogP contribution in [0.15, 0.2) is 48.6 Å². The molecule has 434 valence electrons. The Bertz CT molecular complexity index is 1240. The molecule has 2 atom stereocenters. The number of hydrogen-bond donors (Lipinski definition) is 3. The first kappa shape index (κ1) is 71.8. The van der Waals surface area contributed by atoms with Crippen molar-refractivity contribution in [3.8, 4) is 0 Å².